The SMILES string of the molecule is OC[C@@H](NCc1ccc(F)cc1OC(F)(F)F)c1ccccc1. The monoisotopic (exact) mass is 329 g/mol. The smallest absolute Gasteiger partial charge is 0.405 e. The lowest BCUT2D eigenvalue weighted by Gasteiger charge is -2.19. The normalized spacial score (nSPS) is 12.9. The molecule has 0 spiro atoms. The Kier molecular flexibility index (Phi) is 5.57. The van der Waals surface area contributed by atoms with Crippen molar-refractivity contribution in [3.8, 4) is 5.75 Å². The Balaban J connectivity index is 2.13. The summed E-state index contributed by atoms with van der Waals surface area (Å²) in [5.41, 5.74) is 0.925. The van der Waals surface area contributed by atoms with Crippen LogP contribution in [0.4, 0.5) is 17.6 Å². The molecule has 124 valence electrons. The molecular formula is C16H15F4NO2. The van der Waals surface area contributed by atoms with Gasteiger partial charge in [0.2, 0.25) is 0 Å². The molecule has 0 saturated heterocycles. The number of halogens is 4. The zero-order valence-corrected chi connectivity index (χ0v) is 12.0. The van der Waals surface area contributed by atoms with Gasteiger partial charge in [-0.05, 0) is 11.6 Å². The minimum Gasteiger partial charge on any atom is -0.405 e. The van der Waals surface area contributed by atoms with Crippen LogP contribution in [-0.2, 0) is 6.54 Å². The van der Waals surface area contributed by atoms with Crippen LogP contribution < -0.4 is 10.1 Å². The maximum atomic E-state index is 13.1. The van der Waals surface area contributed by atoms with Gasteiger partial charge in [-0.2, -0.15) is 0 Å². The molecule has 7 heteroatoms. The standard InChI is InChI=1S/C16H15F4NO2/c17-13-7-6-12(15(8-13)23-16(18,19)20)9-21-14(10-22)11-4-2-1-3-5-11/h1-8,14,21-22H,9-10H2/t14-/m1/s1. The molecule has 23 heavy (non-hydrogen) atoms. The van der Waals surface area contributed by atoms with E-state index in [2.05, 4.69) is 10.1 Å². The number of alkyl halides is 3. The Morgan fingerprint density at radius 1 is 1.09 bits per heavy atom. The van der Waals surface area contributed by atoms with Gasteiger partial charge in [0.15, 0.2) is 0 Å². The van der Waals surface area contributed by atoms with E-state index in [1.165, 1.54) is 6.07 Å². The van der Waals surface area contributed by atoms with Crippen LogP contribution in [0, 0.1) is 5.82 Å². The minimum absolute atomic E-state index is 0.0220. The van der Waals surface area contributed by atoms with E-state index in [1.54, 1.807) is 24.3 Å². The third-order valence-corrected chi connectivity index (χ3v) is 3.18. The van der Waals surface area contributed by atoms with Gasteiger partial charge in [-0.25, -0.2) is 4.39 Å². The number of benzene rings is 2. The van der Waals surface area contributed by atoms with Gasteiger partial charge in [-0.15, -0.1) is 13.2 Å². The molecule has 0 saturated carbocycles. The summed E-state index contributed by atoms with van der Waals surface area (Å²) in [5.74, 6) is -1.43. The maximum Gasteiger partial charge on any atom is 0.573 e. The largest absolute Gasteiger partial charge is 0.573 e. The van der Waals surface area contributed by atoms with Gasteiger partial charge in [0.1, 0.15) is 11.6 Å². The van der Waals surface area contributed by atoms with Gasteiger partial charge in [0.05, 0.1) is 12.6 Å². The summed E-state index contributed by atoms with van der Waals surface area (Å²) in [7, 11) is 0. The van der Waals surface area contributed by atoms with Gasteiger partial charge in [-0.3, -0.25) is 0 Å². The highest BCUT2D eigenvalue weighted by Gasteiger charge is 2.32. The molecule has 2 rings (SSSR count). The van der Waals surface area contributed by atoms with Crippen LogP contribution in [0.2, 0.25) is 0 Å². The van der Waals surface area contributed by atoms with Crippen LogP contribution in [0.1, 0.15) is 17.2 Å². The number of hydrogen-bond donors (Lipinski definition) is 2. The van der Waals surface area contributed by atoms with Crippen molar-refractivity contribution in [2.75, 3.05) is 6.61 Å². The Morgan fingerprint density at radius 2 is 1.78 bits per heavy atom. The van der Waals surface area contributed by atoms with Gasteiger partial charge in [0.25, 0.3) is 0 Å². The second-order valence-electron chi connectivity index (χ2n) is 4.83. The van der Waals surface area contributed by atoms with Crippen LogP contribution in [0.5, 0.6) is 5.75 Å². The van der Waals surface area contributed by atoms with E-state index in [-0.39, 0.29) is 18.7 Å². The molecule has 0 fully saturated rings. The summed E-state index contributed by atoms with van der Waals surface area (Å²) in [6.45, 7) is -0.257. The fraction of sp³-hybridized carbons (Fsp3) is 0.250. The van der Waals surface area contributed by atoms with Crippen molar-refractivity contribution in [3.63, 3.8) is 0 Å². The van der Waals surface area contributed by atoms with Gasteiger partial charge >= 0.3 is 6.36 Å². The Hall–Kier alpha value is -2.12. The molecule has 0 unspecified atom stereocenters. The van der Waals surface area contributed by atoms with E-state index < -0.39 is 24.0 Å². The fourth-order valence-electron chi connectivity index (χ4n) is 2.10. The maximum absolute atomic E-state index is 13.1. The van der Waals surface area contributed by atoms with Gasteiger partial charge < -0.3 is 15.2 Å². The molecule has 2 aromatic rings. The molecule has 2 N–H and O–H groups in total. The first-order valence-corrected chi connectivity index (χ1v) is 6.82. The molecule has 0 bridgehead atoms. The minimum atomic E-state index is -4.90. The van der Waals surface area contributed by atoms with Crippen molar-refractivity contribution in [1.82, 2.24) is 5.32 Å². The summed E-state index contributed by atoms with van der Waals surface area (Å²) in [6, 6.07) is 11.4. The number of rotatable bonds is 6. The van der Waals surface area contributed by atoms with Crippen molar-refractivity contribution in [2.24, 2.45) is 0 Å². The zero-order valence-electron chi connectivity index (χ0n) is 12.0. The highest BCUT2D eigenvalue weighted by molar-refractivity contribution is 5.34. The van der Waals surface area contributed by atoms with E-state index in [0.717, 1.165) is 11.6 Å². The number of hydrogen-bond acceptors (Lipinski definition) is 3. The molecule has 0 aliphatic heterocycles. The van der Waals surface area contributed by atoms with Crippen LogP contribution in [0.3, 0.4) is 0 Å². The third-order valence-electron chi connectivity index (χ3n) is 3.18. The van der Waals surface area contributed by atoms with Crippen molar-refractivity contribution >= 4 is 0 Å². The molecule has 3 nitrogen and oxygen atoms in total. The van der Waals surface area contributed by atoms with Crippen molar-refractivity contribution in [1.29, 1.82) is 0 Å². The molecular weight excluding hydrogens is 314 g/mol. The van der Waals surface area contributed by atoms with E-state index in [4.69, 9.17) is 0 Å². The number of aliphatic hydroxyl groups is 1. The lowest BCUT2D eigenvalue weighted by Crippen LogP contribution is -2.25. The topological polar surface area (TPSA) is 41.5 Å². The molecule has 0 amide bonds. The molecule has 0 aliphatic carbocycles. The first kappa shape index (κ1) is 17.2. The van der Waals surface area contributed by atoms with Crippen LogP contribution >= 0.6 is 0 Å². The van der Waals surface area contributed by atoms with Crippen molar-refractivity contribution in [2.45, 2.75) is 18.9 Å². The summed E-state index contributed by atoms with van der Waals surface area (Å²) in [6.07, 6.45) is -4.90. The molecule has 0 aliphatic rings. The zero-order chi connectivity index (χ0) is 16.9. The lowest BCUT2D eigenvalue weighted by atomic mass is 10.1. The highest BCUT2D eigenvalue weighted by atomic mass is 19.4. The molecule has 1 atom stereocenters. The quantitative estimate of drug-likeness (QED) is 0.797. The number of aliphatic hydroxyl groups excluding tert-OH is 1. The van der Waals surface area contributed by atoms with Crippen LogP contribution in [-0.4, -0.2) is 18.1 Å². The molecule has 0 radical (unpaired) electrons. The van der Waals surface area contributed by atoms with E-state index in [0.29, 0.717) is 6.07 Å². The van der Waals surface area contributed by atoms with Crippen LogP contribution in [0.15, 0.2) is 48.5 Å². The summed E-state index contributed by atoms with van der Waals surface area (Å²) >= 11 is 0. The van der Waals surface area contributed by atoms with Crippen molar-refractivity contribution < 1.29 is 27.4 Å². The predicted octanol–water partition coefficient (Wildman–Crippen LogP) is 3.55. The average molecular weight is 329 g/mol. The Labute approximate surface area is 130 Å². The summed E-state index contributed by atoms with van der Waals surface area (Å²) < 4.78 is 54.1. The number of nitrogens with one attached hydrogen (secondary N) is 1. The third kappa shape index (κ3) is 5.22. The molecule has 0 heterocycles. The molecule has 2 aromatic carbocycles. The Bertz CT molecular complexity index is 632. The van der Waals surface area contributed by atoms with Crippen LogP contribution in [0.25, 0.3) is 0 Å². The predicted molar refractivity (Wildman–Crippen MR) is 76.2 cm³/mol. The second-order valence-corrected chi connectivity index (χ2v) is 4.83. The first-order valence-electron chi connectivity index (χ1n) is 6.82. The lowest BCUT2D eigenvalue weighted by molar-refractivity contribution is -0.275. The Morgan fingerprint density at radius 3 is 2.39 bits per heavy atom. The fourth-order valence-corrected chi connectivity index (χ4v) is 2.10. The highest BCUT2D eigenvalue weighted by Crippen LogP contribution is 2.27. The summed E-state index contributed by atoms with van der Waals surface area (Å²) in [5, 5.41) is 12.4. The van der Waals surface area contributed by atoms with E-state index in [1.807, 2.05) is 6.07 Å². The van der Waals surface area contributed by atoms with Crippen molar-refractivity contribution in [3.05, 3.63) is 65.5 Å². The van der Waals surface area contributed by atoms with E-state index in [9.17, 15) is 22.7 Å². The summed E-state index contributed by atoms with van der Waals surface area (Å²) in [4.78, 5) is 0. The molecule has 0 aromatic heterocycles. The number of ether oxygens (including phenoxy) is 1. The first-order chi connectivity index (χ1) is 10.9. The van der Waals surface area contributed by atoms with Gasteiger partial charge in [-0.1, -0.05) is 36.4 Å². The van der Waals surface area contributed by atoms with E-state index >= 15 is 0 Å². The average Bonchev–Trinajstić information content (AvgIpc) is 2.49. The second kappa shape index (κ2) is 7.43. The van der Waals surface area contributed by atoms with Gasteiger partial charge in [0, 0.05) is 18.2 Å².